The molecule has 0 spiro atoms. The van der Waals surface area contributed by atoms with E-state index in [0.29, 0.717) is 15.5 Å². The van der Waals surface area contributed by atoms with Crippen LogP contribution in [0.15, 0.2) is 35.7 Å². The Kier molecular flexibility index (Phi) is 6.08. The van der Waals surface area contributed by atoms with Crippen molar-refractivity contribution in [2.24, 2.45) is 0 Å². The number of carbonyl (C=O) groups is 2. The van der Waals surface area contributed by atoms with Gasteiger partial charge in [-0.05, 0) is 36.4 Å². The molecule has 0 bridgehead atoms. The highest BCUT2D eigenvalue weighted by atomic mass is 32.1. The average molecular weight is 454 g/mol. The maximum atomic E-state index is 13.6. The summed E-state index contributed by atoms with van der Waals surface area (Å²) in [6, 6.07) is 5.65. The number of carbonyl (C=O) groups excluding carboxylic acids is 2. The number of benzene rings is 1. The van der Waals surface area contributed by atoms with Gasteiger partial charge in [-0.1, -0.05) is 25.3 Å². The van der Waals surface area contributed by atoms with Crippen LogP contribution in [-0.2, 0) is 9.59 Å². The summed E-state index contributed by atoms with van der Waals surface area (Å²) in [5.74, 6) is -2.18. The topological polar surface area (TPSA) is 67.9 Å². The SMILES string of the molecule is O=C(NC1CCCCC1)C(c1cccs1)N(C(=O)C(F)(F)F)c1ccc2c(c1)OCO2. The van der Waals surface area contributed by atoms with Crippen molar-refractivity contribution < 1.29 is 32.2 Å². The molecule has 1 atom stereocenters. The number of anilines is 1. The highest BCUT2D eigenvalue weighted by Crippen LogP contribution is 2.40. The number of alkyl halides is 3. The number of ether oxygens (including phenoxy) is 2. The van der Waals surface area contributed by atoms with Gasteiger partial charge < -0.3 is 14.8 Å². The first kappa shape index (κ1) is 21.5. The molecule has 0 saturated heterocycles. The van der Waals surface area contributed by atoms with Crippen LogP contribution in [0.4, 0.5) is 18.9 Å². The van der Waals surface area contributed by atoms with Crippen LogP contribution >= 0.6 is 11.3 Å². The lowest BCUT2D eigenvalue weighted by Gasteiger charge is -2.33. The molecule has 1 aromatic heterocycles. The number of fused-ring (bicyclic) bond motifs is 1. The van der Waals surface area contributed by atoms with Crippen molar-refractivity contribution in [1.82, 2.24) is 5.32 Å². The van der Waals surface area contributed by atoms with Gasteiger partial charge in [-0.3, -0.25) is 14.5 Å². The van der Waals surface area contributed by atoms with E-state index in [1.54, 1.807) is 17.5 Å². The molecule has 4 rings (SSSR count). The van der Waals surface area contributed by atoms with Crippen molar-refractivity contribution >= 4 is 28.8 Å². The number of hydrogen-bond acceptors (Lipinski definition) is 5. The Bertz CT molecular complexity index is 943. The molecule has 2 amide bonds. The van der Waals surface area contributed by atoms with Gasteiger partial charge in [-0.25, -0.2) is 0 Å². The highest BCUT2D eigenvalue weighted by molar-refractivity contribution is 7.10. The molecular formula is C21H21F3N2O4S. The minimum Gasteiger partial charge on any atom is -0.454 e. The summed E-state index contributed by atoms with van der Waals surface area (Å²) in [5.41, 5.74) is -0.0937. The number of halogens is 3. The van der Waals surface area contributed by atoms with Crippen LogP contribution < -0.4 is 19.7 Å². The number of amides is 2. The smallest absolute Gasteiger partial charge is 0.454 e. The first-order valence-electron chi connectivity index (χ1n) is 9.98. The Morgan fingerprint density at radius 2 is 1.84 bits per heavy atom. The van der Waals surface area contributed by atoms with Gasteiger partial charge >= 0.3 is 12.1 Å². The molecule has 1 saturated carbocycles. The van der Waals surface area contributed by atoms with Crippen LogP contribution in [-0.4, -0.2) is 30.8 Å². The third-order valence-electron chi connectivity index (χ3n) is 5.37. The van der Waals surface area contributed by atoms with E-state index >= 15 is 0 Å². The van der Waals surface area contributed by atoms with Gasteiger partial charge in [0.25, 0.3) is 0 Å². The average Bonchev–Trinajstić information content (AvgIpc) is 3.42. The van der Waals surface area contributed by atoms with Crippen molar-refractivity contribution in [1.29, 1.82) is 0 Å². The van der Waals surface area contributed by atoms with E-state index in [1.165, 1.54) is 18.2 Å². The molecule has 31 heavy (non-hydrogen) atoms. The Morgan fingerprint density at radius 3 is 2.52 bits per heavy atom. The largest absolute Gasteiger partial charge is 0.471 e. The number of thiophene rings is 1. The van der Waals surface area contributed by atoms with Crippen molar-refractivity contribution in [2.75, 3.05) is 11.7 Å². The number of rotatable bonds is 5. The van der Waals surface area contributed by atoms with Crippen molar-refractivity contribution in [3.8, 4) is 11.5 Å². The molecule has 10 heteroatoms. The summed E-state index contributed by atoms with van der Waals surface area (Å²) < 4.78 is 51.3. The summed E-state index contributed by atoms with van der Waals surface area (Å²) in [6.45, 7) is -0.0669. The quantitative estimate of drug-likeness (QED) is 0.719. The van der Waals surface area contributed by atoms with Gasteiger partial charge in [0.1, 0.15) is 0 Å². The summed E-state index contributed by atoms with van der Waals surface area (Å²) in [5, 5.41) is 4.53. The lowest BCUT2D eigenvalue weighted by atomic mass is 9.95. The van der Waals surface area contributed by atoms with E-state index in [1.807, 2.05) is 0 Å². The Balaban J connectivity index is 1.74. The molecule has 0 radical (unpaired) electrons. The van der Waals surface area contributed by atoms with E-state index in [2.05, 4.69) is 5.32 Å². The Labute approximate surface area is 180 Å². The normalized spacial score (nSPS) is 17.3. The number of nitrogens with zero attached hydrogens (tertiary/aromatic N) is 1. The minimum absolute atomic E-state index is 0.0669. The first-order valence-corrected chi connectivity index (χ1v) is 10.9. The van der Waals surface area contributed by atoms with Gasteiger partial charge in [-0.15, -0.1) is 11.3 Å². The fraction of sp³-hybridized carbons (Fsp3) is 0.429. The summed E-state index contributed by atoms with van der Waals surface area (Å²) in [7, 11) is 0. The van der Waals surface area contributed by atoms with Crippen molar-refractivity contribution in [3.63, 3.8) is 0 Å². The third-order valence-corrected chi connectivity index (χ3v) is 6.29. The zero-order valence-corrected chi connectivity index (χ0v) is 17.3. The predicted octanol–water partition coefficient (Wildman–Crippen LogP) is 4.56. The summed E-state index contributed by atoms with van der Waals surface area (Å²) in [4.78, 5) is 26.7. The molecule has 1 N–H and O–H groups in total. The maximum Gasteiger partial charge on any atom is 0.471 e. The molecule has 2 aliphatic rings. The van der Waals surface area contributed by atoms with Crippen LogP contribution in [0, 0.1) is 0 Å². The number of nitrogens with one attached hydrogen (secondary N) is 1. The molecule has 1 aromatic carbocycles. The van der Waals surface area contributed by atoms with Gasteiger partial charge in [0.2, 0.25) is 12.7 Å². The second-order valence-electron chi connectivity index (χ2n) is 7.47. The van der Waals surface area contributed by atoms with E-state index < -0.39 is 24.0 Å². The summed E-state index contributed by atoms with van der Waals surface area (Å²) in [6.07, 6.45) is -0.683. The second kappa shape index (κ2) is 8.78. The van der Waals surface area contributed by atoms with Crippen LogP contribution in [0.2, 0.25) is 0 Å². The first-order chi connectivity index (χ1) is 14.8. The van der Waals surface area contributed by atoms with Crippen LogP contribution in [0.3, 0.4) is 0 Å². The van der Waals surface area contributed by atoms with Crippen molar-refractivity contribution in [3.05, 3.63) is 40.6 Å². The number of hydrogen-bond donors (Lipinski definition) is 1. The van der Waals surface area contributed by atoms with E-state index in [4.69, 9.17) is 9.47 Å². The fourth-order valence-electron chi connectivity index (χ4n) is 3.90. The Morgan fingerprint density at radius 1 is 1.10 bits per heavy atom. The third kappa shape index (κ3) is 4.63. The summed E-state index contributed by atoms with van der Waals surface area (Å²) >= 11 is 1.12. The zero-order chi connectivity index (χ0) is 22.0. The van der Waals surface area contributed by atoms with E-state index in [0.717, 1.165) is 43.4 Å². The maximum absolute atomic E-state index is 13.6. The molecular weight excluding hydrogens is 433 g/mol. The monoisotopic (exact) mass is 454 g/mol. The van der Waals surface area contributed by atoms with Gasteiger partial charge in [0.05, 0.1) is 0 Å². The predicted molar refractivity (Wildman–Crippen MR) is 108 cm³/mol. The molecule has 6 nitrogen and oxygen atoms in total. The molecule has 2 heterocycles. The lowest BCUT2D eigenvalue weighted by molar-refractivity contribution is -0.171. The molecule has 166 valence electrons. The van der Waals surface area contributed by atoms with Gasteiger partial charge in [-0.2, -0.15) is 13.2 Å². The molecule has 1 aliphatic heterocycles. The van der Waals surface area contributed by atoms with Crippen LogP contribution in [0.1, 0.15) is 43.0 Å². The Hall–Kier alpha value is -2.75. The van der Waals surface area contributed by atoms with Crippen molar-refractivity contribution in [2.45, 2.75) is 50.4 Å². The fourth-order valence-corrected chi connectivity index (χ4v) is 4.72. The zero-order valence-electron chi connectivity index (χ0n) is 16.5. The second-order valence-corrected chi connectivity index (χ2v) is 8.45. The van der Waals surface area contributed by atoms with Gasteiger partial charge in [0.15, 0.2) is 17.5 Å². The highest BCUT2D eigenvalue weighted by Gasteiger charge is 2.48. The van der Waals surface area contributed by atoms with E-state index in [9.17, 15) is 22.8 Å². The standard InChI is InChI=1S/C21H21F3N2O4S/c22-21(23,24)20(28)26(14-8-9-15-16(11-14)30-12-29-15)18(17-7-4-10-31-17)19(27)25-13-5-2-1-3-6-13/h4,7-11,13,18H,1-3,5-6,12H2,(H,25,27). The minimum atomic E-state index is -5.17. The molecule has 1 fully saturated rings. The van der Waals surface area contributed by atoms with E-state index in [-0.39, 0.29) is 24.3 Å². The lowest BCUT2D eigenvalue weighted by Crippen LogP contribution is -2.50. The molecule has 1 unspecified atom stereocenters. The van der Waals surface area contributed by atoms with Crippen LogP contribution in [0.25, 0.3) is 0 Å². The molecule has 2 aromatic rings. The van der Waals surface area contributed by atoms with Gasteiger partial charge in [0, 0.05) is 22.7 Å². The molecule has 1 aliphatic carbocycles. The van der Waals surface area contributed by atoms with Crippen LogP contribution in [0.5, 0.6) is 11.5 Å².